The first-order chi connectivity index (χ1) is 16.0. The molecule has 0 spiro atoms. The van der Waals surface area contributed by atoms with Crippen LogP contribution in [0.1, 0.15) is 15.9 Å². The van der Waals surface area contributed by atoms with Crippen molar-refractivity contribution in [3.8, 4) is 33.6 Å². The van der Waals surface area contributed by atoms with Crippen LogP contribution in [0.15, 0.2) is 91.0 Å². The normalized spacial score (nSPS) is 10.9. The molecule has 0 aliphatic carbocycles. The fourth-order valence-electron chi connectivity index (χ4n) is 3.53. The number of hydrogen-bond donors (Lipinski definition) is 0. The predicted molar refractivity (Wildman–Crippen MR) is 134 cm³/mol. The molecular formula is C29H28N2O2. The summed E-state index contributed by atoms with van der Waals surface area (Å²) in [5.41, 5.74) is 7.79. The summed E-state index contributed by atoms with van der Waals surface area (Å²) >= 11 is 0. The number of rotatable bonds is 7. The van der Waals surface area contributed by atoms with E-state index in [1.165, 1.54) is 5.56 Å². The molecule has 33 heavy (non-hydrogen) atoms. The van der Waals surface area contributed by atoms with Crippen LogP contribution in [0.3, 0.4) is 0 Å². The van der Waals surface area contributed by atoms with Crippen LogP contribution in [0.25, 0.3) is 33.6 Å². The molecule has 1 aromatic heterocycles. The highest BCUT2D eigenvalue weighted by Gasteiger charge is 2.11. The highest BCUT2D eigenvalue weighted by molar-refractivity contribution is 5.90. The smallest absolute Gasteiger partial charge is 0.338 e. The van der Waals surface area contributed by atoms with E-state index in [4.69, 9.17) is 9.72 Å². The maximum Gasteiger partial charge on any atom is 0.338 e. The van der Waals surface area contributed by atoms with E-state index in [-0.39, 0.29) is 5.97 Å². The van der Waals surface area contributed by atoms with Crippen LogP contribution >= 0.6 is 0 Å². The van der Waals surface area contributed by atoms with Gasteiger partial charge in [-0.3, -0.25) is 0 Å². The third-order valence-electron chi connectivity index (χ3n) is 5.47. The molecule has 0 bridgehead atoms. The third kappa shape index (κ3) is 5.73. The van der Waals surface area contributed by atoms with E-state index in [1.54, 1.807) is 12.1 Å². The van der Waals surface area contributed by atoms with Gasteiger partial charge in [0.05, 0.1) is 17.0 Å². The van der Waals surface area contributed by atoms with Gasteiger partial charge in [0.1, 0.15) is 6.61 Å². The van der Waals surface area contributed by atoms with E-state index >= 15 is 0 Å². The van der Waals surface area contributed by atoms with Crippen LogP contribution in [0.4, 0.5) is 0 Å². The Kier molecular flexibility index (Phi) is 6.96. The number of nitrogens with zero attached hydrogens (tertiary/aromatic N) is 2. The van der Waals surface area contributed by atoms with E-state index in [2.05, 4.69) is 55.5 Å². The van der Waals surface area contributed by atoms with Gasteiger partial charge >= 0.3 is 5.97 Å². The van der Waals surface area contributed by atoms with E-state index in [1.807, 2.05) is 49.3 Å². The molecule has 0 aliphatic rings. The summed E-state index contributed by atoms with van der Waals surface area (Å²) in [6.07, 6.45) is 0. The van der Waals surface area contributed by atoms with Crippen molar-refractivity contribution < 1.29 is 9.53 Å². The second-order valence-electron chi connectivity index (χ2n) is 8.37. The average Bonchev–Trinajstić information content (AvgIpc) is 2.84. The zero-order valence-electron chi connectivity index (χ0n) is 19.3. The molecule has 4 aromatic rings. The fourth-order valence-corrected chi connectivity index (χ4v) is 3.53. The Bertz CT molecular complexity index is 1210. The maximum atomic E-state index is 12.3. The van der Waals surface area contributed by atoms with Crippen molar-refractivity contribution >= 4 is 5.97 Å². The zero-order chi connectivity index (χ0) is 23.2. The standard InChI is InChI=1S/C29H28N2O2/c1-21-9-11-22(12-10-21)26-19-27(23-7-5-4-6-8-23)30-28(20-26)24-13-15-25(16-14-24)29(32)33-18-17-31(2)3/h4-16,19-20H,17-18H2,1-3H3. The molecule has 0 saturated heterocycles. The Labute approximate surface area is 195 Å². The number of benzene rings is 3. The van der Waals surface area contributed by atoms with Crippen LogP contribution in [0, 0.1) is 6.92 Å². The largest absolute Gasteiger partial charge is 0.461 e. The van der Waals surface area contributed by atoms with E-state index < -0.39 is 0 Å². The molecule has 0 radical (unpaired) electrons. The Balaban J connectivity index is 1.67. The Morgan fingerprint density at radius 3 is 1.94 bits per heavy atom. The molecule has 0 amide bonds. The van der Waals surface area contributed by atoms with Crippen molar-refractivity contribution in [1.29, 1.82) is 0 Å². The van der Waals surface area contributed by atoms with Gasteiger partial charge in [-0.2, -0.15) is 0 Å². The minimum absolute atomic E-state index is 0.310. The molecule has 0 aliphatic heterocycles. The quantitative estimate of drug-likeness (QED) is 0.328. The molecule has 0 atom stereocenters. The van der Waals surface area contributed by atoms with Crippen molar-refractivity contribution in [1.82, 2.24) is 9.88 Å². The lowest BCUT2D eigenvalue weighted by molar-refractivity contribution is 0.0482. The van der Waals surface area contributed by atoms with E-state index in [0.717, 1.165) is 33.6 Å². The minimum Gasteiger partial charge on any atom is -0.461 e. The van der Waals surface area contributed by atoms with Crippen molar-refractivity contribution in [2.24, 2.45) is 0 Å². The molecule has 166 valence electrons. The van der Waals surface area contributed by atoms with Crippen molar-refractivity contribution in [2.45, 2.75) is 6.92 Å². The summed E-state index contributed by atoms with van der Waals surface area (Å²) in [7, 11) is 3.90. The lowest BCUT2D eigenvalue weighted by Gasteiger charge is -2.12. The van der Waals surface area contributed by atoms with Gasteiger partial charge in [-0.05, 0) is 56.4 Å². The van der Waals surface area contributed by atoms with Crippen LogP contribution in [-0.4, -0.2) is 43.1 Å². The van der Waals surface area contributed by atoms with Crippen LogP contribution < -0.4 is 0 Å². The topological polar surface area (TPSA) is 42.4 Å². The number of aryl methyl sites for hydroxylation is 1. The van der Waals surface area contributed by atoms with Crippen LogP contribution in [0.5, 0.6) is 0 Å². The van der Waals surface area contributed by atoms with E-state index in [9.17, 15) is 4.79 Å². The van der Waals surface area contributed by atoms with Gasteiger partial charge in [0.25, 0.3) is 0 Å². The monoisotopic (exact) mass is 436 g/mol. The number of esters is 1. The summed E-state index contributed by atoms with van der Waals surface area (Å²) in [4.78, 5) is 19.2. The number of likely N-dealkylation sites (N-methyl/N-ethyl adjacent to an activating group) is 1. The fraction of sp³-hybridized carbons (Fsp3) is 0.172. The Hall–Kier alpha value is -3.76. The summed E-state index contributed by atoms with van der Waals surface area (Å²) in [6.45, 7) is 3.15. The molecule has 0 unspecified atom stereocenters. The van der Waals surface area contributed by atoms with Gasteiger partial charge in [-0.1, -0.05) is 72.3 Å². The second kappa shape index (κ2) is 10.2. The van der Waals surface area contributed by atoms with Crippen molar-refractivity contribution in [3.63, 3.8) is 0 Å². The molecule has 1 heterocycles. The van der Waals surface area contributed by atoms with Gasteiger partial charge in [0.15, 0.2) is 0 Å². The van der Waals surface area contributed by atoms with Crippen LogP contribution in [-0.2, 0) is 4.74 Å². The second-order valence-corrected chi connectivity index (χ2v) is 8.37. The average molecular weight is 437 g/mol. The molecule has 0 fully saturated rings. The molecule has 4 nitrogen and oxygen atoms in total. The van der Waals surface area contributed by atoms with Gasteiger partial charge in [-0.15, -0.1) is 0 Å². The molecule has 0 N–H and O–H groups in total. The first kappa shape index (κ1) is 22.4. The Morgan fingerprint density at radius 1 is 0.758 bits per heavy atom. The highest BCUT2D eigenvalue weighted by atomic mass is 16.5. The Morgan fingerprint density at radius 2 is 1.33 bits per heavy atom. The summed E-state index contributed by atoms with van der Waals surface area (Å²) in [5, 5.41) is 0. The summed E-state index contributed by atoms with van der Waals surface area (Å²) in [6, 6.07) is 30.4. The maximum absolute atomic E-state index is 12.3. The molecule has 3 aromatic carbocycles. The first-order valence-corrected chi connectivity index (χ1v) is 11.1. The van der Waals surface area contributed by atoms with E-state index in [0.29, 0.717) is 18.7 Å². The number of carbonyl (C=O) groups excluding carboxylic acids is 1. The lowest BCUT2D eigenvalue weighted by atomic mass is 9.99. The van der Waals surface area contributed by atoms with Crippen LogP contribution in [0.2, 0.25) is 0 Å². The number of hydrogen-bond acceptors (Lipinski definition) is 4. The van der Waals surface area contributed by atoms with Gasteiger partial charge in [0.2, 0.25) is 0 Å². The number of aromatic nitrogens is 1. The van der Waals surface area contributed by atoms with Crippen molar-refractivity contribution in [3.05, 3.63) is 102 Å². The molecule has 4 rings (SSSR count). The molecule has 0 saturated carbocycles. The summed E-state index contributed by atoms with van der Waals surface area (Å²) < 4.78 is 5.35. The van der Waals surface area contributed by atoms with Gasteiger partial charge < -0.3 is 9.64 Å². The van der Waals surface area contributed by atoms with Gasteiger partial charge in [0, 0.05) is 17.7 Å². The van der Waals surface area contributed by atoms with Crippen molar-refractivity contribution in [2.75, 3.05) is 27.2 Å². The molecular weight excluding hydrogens is 408 g/mol. The number of ether oxygens (including phenoxy) is 1. The lowest BCUT2D eigenvalue weighted by Crippen LogP contribution is -2.20. The SMILES string of the molecule is Cc1ccc(-c2cc(-c3ccccc3)nc(-c3ccc(C(=O)OCCN(C)C)cc3)c2)cc1. The number of pyridine rings is 1. The highest BCUT2D eigenvalue weighted by Crippen LogP contribution is 2.30. The van der Waals surface area contributed by atoms with Gasteiger partial charge in [-0.25, -0.2) is 9.78 Å². The predicted octanol–water partition coefficient (Wildman–Crippen LogP) is 6.11. The zero-order valence-corrected chi connectivity index (χ0v) is 19.3. The third-order valence-corrected chi connectivity index (χ3v) is 5.47. The minimum atomic E-state index is -0.310. The first-order valence-electron chi connectivity index (χ1n) is 11.1. The number of carbonyl (C=O) groups is 1. The molecule has 4 heteroatoms. The summed E-state index contributed by atoms with van der Waals surface area (Å²) in [5.74, 6) is -0.310.